The van der Waals surface area contributed by atoms with Crippen LogP contribution in [0.3, 0.4) is 0 Å². The number of hydrogen-bond acceptors (Lipinski definition) is 5. The first-order valence-electron chi connectivity index (χ1n) is 6.57. The quantitative estimate of drug-likeness (QED) is 0.900. The summed E-state index contributed by atoms with van der Waals surface area (Å²) in [6.07, 6.45) is 6.05. The van der Waals surface area contributed by atoms with E-state index in [2.05, 4.69) is 15.0 Å². The first kappa shape index (κ1) is 13.1. The van der Waals surface area contributed by atoms with Gasteiger partial charge in [-0.1, -0.05) is 0 Å². The molecule has 0 fully saturated rings. The summed E-state index contributed by atoms with van der Waals surface area (Å²) in [7, 11) is 1.95. The molecule has 2 N–H and O–H groups in total. The fraction of sp³-hybridized carbons (Fsp3) is 0.462. The number of aromatic amines is 1. The van der Waals surface area contributed by atoms with Gasteiger partial charge in [0.15, 0.2) is 5.13 Å². The number of aliphatic carboxylic acids is 1. The van der Waals surface area contributed by atoms with Crippen LogP contribution < -0.4 is 4.90 Å². The summed E-state index contributed by atoms with van der Waals surface area (Å²) in [6.45, 7) is 0.636. The third-order valence-electron chi connectivity index (χ3n) is 3.51. The van der Waals surface area contributed by atoms with Gasteiger partial charge in [-0.2, -0.15) is 0 Å². The average Bonchev–Trinajstić information content (AvgIpc) is 3.05. The zero-order valence-electron chi connectivity index (χ0n) is 11.2. The minimum Gasteiger partial charge on any atom is -0.481 e. The van der Waals surface area contributed by atoms with Gasteiger partial charge in [-0.3, -0.25) is 4.79 Å². The van der Waals surface area contributed by atoms with Crippen LogP contribution in [0.2, 0.25) is 0 Å². The number of imidazole rings is 1. The van der Waals surface area contributed by atoms with Crippen LogP contribution in [0.5, 0.6) is 0 Å². The molecule has 1 atom stereocenters. The molecule has 2 aromatic heterocycles. The van der Waals surface area contributed by atoms with E-state index in [4.69, 9.17) is 0 Å². The Kier molecular flexibility index (Phi) is 3.43. The maximum absolute atomic E-state index is 11.3. The lowest BCUT2D eigenvalue weighted by molar-refractivity contribution is -0.139. The number of thiazole rings is 1. The third kappa shape index (κ3) is 2.40. The predicted molar refractivity (Wildman–Crippen MR) is 76.1 cm³/mol. The number of carbonyl (C=O) groups is 1. The minimum absolute atomic E-state index is 0.444. The molecule has 2 aromatic rings. The molecule has 1 unspecified atom stereocenters. The molecule has 1 aliphatic carbocycles. The van der Waals surface area contributed by atoms with E-state index >= 15 is 0 Å². The Balaban J connectivity index is 1.83. The summed E-state index contributed by atoms with van der Waals surface area (Å²) in [5.74, 6) is -0.340. The molecule has 0 amide bonds. The first-order valence-corrected chi connectivity index (χ1v) is 7.38. The molecule has 1 aliphatic rings. The number of fused-ring (bicyclic) bond motifs is 1. The highest BCUT2D eigenvalue weighted by Crippen LogP contribution is 2.37. The molecule has 3 rings (SSSR count). The molecule has 106 valence electrons. The van der Waals surface area contributed by atoms with Gasteiger partial charge in [-0.25, -0.2) is 9.97 Å². The van der Waals surface area contributed by atoms with E-state index in [1.54, 1.807) is 23.7 Å². The number of carboxylic acid groups (broad SMARTS) is 1. The van der Waals surface area contributed by atoms with Crippen molar-refractivity contribution in [2.45, 2.75) is 31.7 Å². The SMILES string of the molecule is CN(Cc1ncc[nH]1)c1nc2c(s1)CCCC2C(=O)O. The number of hydrogen-bond donors (Lipinski definition) is 2. The Bertz CT molecular complexity index is 608. The summed E-state index contributed by atoms with van der Waals surface area (Å²) >= 11 is 1.60. The van der Waals surface area contributed by atoms with Crippen LogP contribution in [0.25, 0.3) is 0 Å². The Morgan fingerprint density at radius 3 is 3.20 bits per heavy atom. The molecule has 0 radical (unpaired) electrons. The zero-order valence-corrected chi connectivity index (χ0v) is 12.0. The second kappa shape index (κ2) is 5.24. The molecular formula is C13H16N4O2S. The normalized spacial score (nSPS) is 17.8. The largest absolute Gasteiger partial charge is 0.481 e. The fourth-order valence-electron chi connectivity index (χ4n) is 2.49. The van der Waals surface area contributed by atoms with Gasteiger partial charge in [0.25, 0.3) is 0 Å². The van der Waals surface area contributed by atoms with Crippen molar-refractivity contribution in [1.29, 1.82) is 0 Å². The Morgan fingerprint density at radius 1 is 1.65 bits per heavy atom. The zero-order chi connectivity index (χ0) is 14.1. The van der Waals surface area contributed by atoms with Crippen molar-refractivity contribution in [3.63, 3.8) is 0 Å². The lowest BCUT2D eigenvalue weighted by atomic mass is 9.91. The number of nitrogens with one attached hydrogen (secondary N) is 1. The standard InChI is InChI=1S/C13H16N4O2S/c1-17(7-10-14-5-6-15-10)13-16-11-8(12(18)19)3-2-4-9(11)20-13/h5-6,8H,2-4,7H2,1H3,(H,14,15)(H,18,19). The lowest BCUT2D eigenvalue weighted by Crippen LogP contribution is -2.19. The molecule has 0 aromatic carbocycles. The van der Waals surface area contributed by atoms with Gasteiger partial charge in [0, 0.05) is 24.3 Å². The number of anilines is 1. The van der Waals surface area contributed by atoms with Gasteiger partial charge in [-0.05, 0) is 19.3 Å². The molecule has 0 bridgehead atoms. The van der Waals surface area contributed by atoms with Gasteiger partial charge in [0.2, 0.25) is 0 Å². The Labute approximate surface area is 120 Å². The molecule has 0 saturated heterocycles. The van der Waals surface area contributed by atoms with Gasteiger partial charge in [-0.15, -0.1) is 11.3 Å². The van der Waals surface area contributed by atoms with E-state index in [9.17, 15) is 9.90 Å². The molecule has 0 spiro atoms. The lowest BCUT2D eigenvalue weighted by Gasteiger charge is -2.16. The number of nitrogens with zero attached hydrogens (tertiary/aromatic N) is 3. The highest BCUT2D eigenvalue weighted by Gasteiger charge is 2.30. The van der Waals surface area contributed by atoms with Crippen LogP contribution in [0.15, 0.2) is 12.4 Å². The number of aromatic nitrogens is 3. The summed E-state index contributed by atoms with van der Waals surface area (Å²) in [6, 6.07) is 0. The van der Waals surface area contributed by atoms with Crippen LogP contribution in [-0.4, -0.2) is 33.1 Å². The maximum atomic E-state index is 11.3. The maximum Gasteiger partial charge on any atom is 0.312 e. The van der Waals surface area contributed by atoms with Crippen molar-refractivity contribution in [3.05, 3.63) is 28.8 Å². The van der Waals surface area contributed by atoms with Crippen LogP contribution >= 0.6 is 11.3 Å². The summed E-state index contributed by atoms with van der Waals surface area (Å²) in [4.78, 5) is 26.2. The third-order valence-corrected chi connectivity index (χ3v) is 4.75. The van der Waals surface area contributed by atoms with E-state index in [0.717, 1.165) is 34.4 Å². The highest BCUT2D eigenvalue weighted by atomic mass is 32.1. The van der Waals surface area contributed by atoms with E-state index in [0.29, 0.717) is 13.0 Å². The predicted octanol–water partition coefficient (Wildman–Crippen LogP) is 2.01. The van der Waals surface area contributed by atoms with Crippen LogP contribution in [0.1, 0.15) is 35.2 Å². The second-order valence-corrected chi connectivity index (χ2v) is 6.04. The first-order chi connectivity index (χ1) is 9.65. The van der Waals surface area contributed by atoms with Crippen LogP contribution in [0, 0.1) is 0 Å². The van der Waals surface area contributed by atoms with Gasteiger partial charge < -0.3 is 15.0 Å². The van der Waals surface area contributed by atoms with Crippen LogP contribution in [0.4, 0.5) is 5.13 Å². The summed E-state index contributed by atoms with van der Waals surface area (Å²) < 4.78 is 0. The monoisotopic (exact) mass is 292 g/mol. The van der Waals surface area contributed by atoms with Gasteiger partial charge in [0.1, 0.15) is 11.7 Å². The van der Waals surface area contributed by atoms with Crippen LogP contribution in [-0.2, 0) is 17.8 Å². The topological polar surface area (TPSA) is 82.1 Å². The van der Waals surface area contributed by atoms with Crippen molar-refractivity contribution in [3.8, 4) is 0 Å². The Morgan fingerprint density at radius 2 is 2.50 bits per heavy atom. The minimum atomic E-state index is -0.767. The van der Waals surface area contributed by atoms with Gasteiger partial charge >= 0.3 is 5.97 Å². The van der Waals surface area contributed by atoms with Crippen molar-refractivity contribution >= 4 is 22.4 Å². The fourth-order valence-corrected chi connectivity index (χ4v) is 3.61. The summed E-state index contributed by atoms with van der Waals surface area (Å²) in [5, 5.41) is 10.1. The number of carboxylic acids is 1. The number of rotatable bonds is 4. The molecule has 20 heavy (non-hydrogen) atoms. The van der Waals surface area contributed by atoms with Crippen molar-refractivity contribution in [2.24, 2.45) is 0 Å². The number of H-pyrrole nitrogens is 1. The van der Waals surface area contributed by atoms with Gasteiger partial charge in [0.05, 0.1) is 12.2 Å². The molecule has 7 heteroatoms. The average molecular weight is 292 g/mol. The summed E-state index contributed by atoms with van der Waals surface area (Å²) in [5.41, 5.74) is 0.759. The molecule has 0 saturated carbocycles. The van der Waals surface area contributed by atoms with Crippen molar-refractivity contribution in [2.75, 3.05) is 11.9 Å². The van der Waals surface area contributed by atoms with E-state index in [1.807, 2.05) is 11.9 Å². The van der Waals surface area contributed by atoms with Crippen molar-refractivity contribution in [1.82, 2.24) is 15.0 Å². The van der Waals surface area contributed by atoms with Crippen molar-refractivity contribution < 1.29 is 9.90 Å². The Hall–Kier alpha value is -1.89. The highest BCUT2D eigenvalue weighted by molar-refractivity contribution is 7.15. The van der Waals surface area contributed by atoms with E-state index in [-0.39, 0.29) is 0 Å². The van der Waals surface area contributed by atoms with E-state index < -0.39 is 11.9 Å². The molecular weight excluding hydrogens is 276 g/mol. The van der Waals surface area contributed by atoms with E-state index in [1.165, 1.54) is 0 Å². The molecule has 2 heterocycles. The smallest absolute Gasteiger partial charge is 0.312 e. The number of aryl methyl sites for hydroxylation is 1. The molecule has 6 nitrogen and oxygen atoms in total. The second-order valence-electron chi connectivity index (χ2n) is 4.98. The molecule has 0 aliphatic heterocycles.